The molecule has 0 saturated carbocycles. The number of piperidine rings is 1. The van der Waals surface area contributed by atoms with Crippen LogP contribution in [0.5, 0.6) is 0 Å². The van der Waals surface area contributed by atoms with Crippen LogP contribution in [0, 0.1) is 17.8 Å². The minimum absolute atomic E-state index is 0.225. The summed E-state index contributed by atoms with van der Waals surface area (Å²) in [5, 5.41) is 6.44. The van der Waals surface area contributed by atoms with Gasteiger partial charge in [0.2, 0.25) is 5.91 Å². The molecule has 1 heterocycles. The molecule has 2 N–H and O–H groups in total. The summed E-state index contributed by atoms with van der Waals surface area (Å²) in [4.78, 5) is 11.7. The van der Waals surface area contributed by atoms with E-state index in [2.05, 4.69) is 31.4 Å². The van der Waals surface area contributed by atoms with Crippen LogP contribution in [0.2, 0.25) is 0 Å². The third-order valence-corrected chi connectivity index (χ3v) is 3.94. The first-order chi connectivity index (χ1) is 8.09. The lowest BCUT2D eigenvalue weighted by molar-refractivity contribution is -0.121. The lowest BCUT2D eigenvalue weighted by Gasteiger charge is -2.22. The highest BCUT2D eigenvalue weighted by Crippen LogP contribution is 2.15. The van der Waals surface area contributed by atoms with Gasteiger partial charge in [-0.05, 0) is 50.1 Å². The molecule has 0 bridgehead atoms. The van der Waals surface area contributed by atoms with E-state index in [1.165, 1.54) is 12.8 Å². The first-order valence-corrected chi connectivity index (χ1v) is 7.07. The number of hydrogen-bond donors (Lipinski definition) is 2. The minimum Gasteiger partial charge on any atom is -0.356 e. The smallest absolute Gasteiger partial charge is 0.220 e. The number of amides is 1. The van der Waals surface area contributed by atoms with Crippen LogP contribution in [0.25, 0.3) is 0 Å². The molecule has 0 aromatic heterocycles. The van der Waals surface area contributed by atoms with Gasteiger partial charge in [0, 0.05) is 13.0 Å². The van der Waals surface area contributed by atoms with Gasteiger partial charge in [-0.1, -0.05) is 20.8 Å². The molecule has 0 spiro atoms. The zero-order valence-corrected chi connectivity index (χ0v) is 11.6. The molecular formula is C14H28N2O. The summed E-state index contributed by atoms with van der Waals surface area (Å²) in [6, 6.07) is 0. The summed E-state index contributed by atoms with van der Waals surface area (Å²) >= 11 is 0. The number of hydrogen-bond acceptors (Lipinski definition) is 2. The van der Waals surface area contributed by atoms with Crippen molar-refractivity contribution in [2.24, 2.45) is 17.8 Å². The molecule has 1 aliphatic rings. The molecule has 1 aliphatic heterocycles. The fourth-order valence-corrected chi connectivity index (χ4v) is 2.10. The first kappa shape index (κ1) is 14.5. The molecule has 17 heavy (non-hydrogen) atoms. The van der Waals surface area contributed by atoms with Crippen molar-refractivity contribution in [2.45, 2.75) is 46.5 Å². The predicted octanol–water partition coefficient (Wildman–Crippen LogP) is 2.17. The maximum atomic E-state index is 11.7. The predicted molar refractivity (Wildman–Crippen MR) is 71.8 cm³/mol. The zero-order chi connectivity index (χ0) is 12.7. The summed E-state index contributed by atoms with van der Waals surface area (Å²) in [6.45, 7) is 9.65. The number of rotatable bonds is 6. The van der Waals surface area contributed by atoms with Gasteiger partial charge in [-0.15, -0.1) is 0 Å². The van der Waals surface area contributed by atoms with Gasteiger partial charge in [0.05, 0.1) is 0 Å². The zero-order valence-electron chi connectivity index (χ0n) is 11.6. The van der Waals surface area contributed by atoms with Crippen molar-refractivity contribution >= 4 is 5.91 Å². The summed E-state index contributed by atoms with van der Waals surface area (Å²) < 4.78 is 0. The minimum atomic E-state index is 0.225. The fraction of sp³-hybridized carbons (Fsp3) is 0.929. The second-order valence-corrected chi connectivity index (χ2v) is 5.78. The number of carbonyl (C=O) groups is 1. The van der Waals surface area contributed by atoms with E-state index in [0.29, 0.717) is 24.2 Å². The fourth-order valence-electron chi connectivity index (χ4n) is 2.10. The third kappa shape index (κ3) is 6.06. The van der Waals surface area contributed by atoms with E-state index in [4.69, 9.17) is 0 Å². The van der Waals surface area contributed by atoms with Crippen molar-refractivity contribution < 1.29 is 4.79 Å². The van der Waals surface area contributed by atoms with Gasteiger partial charge in [-0.2, -0.15) is 0 Å². The van der Waals surface area contributed by atoms with E-state index in [1.807, 2.05) is 0 Å². The maximum Gasteiger partial charge on any atom is 0.220 e. The van der Waals surface area contributed by atoms with Gasteiger partial charge in [0.25, 0.3) is 0 Å². The van der Waals surface area contributed by atoms with E-state index in [9.17, 15) is 4.79 Å². The van der Waals surface area contributed by atoms with Crippen molar-refractivity contribution in [3.8, 4) is 0 Å². The molecule has 0 aliphatic carbocycles. The van der Waals surface area contributed by atoms with Crippen LogP contribution in [0.15, 0.2) is 0 Å². The average molecular weight is 240 g/mol. The lowest BCUT2D eigenvalue weighted by atomic mass is 9.94. The van der Waals surface area contributed by atoms with Crippen LogP contribution >= 0.6 is 0 Å². The van der Waals surface area contributed by atoms with Crippen molar-refractivity contribution in [1.82, 2.24) is 10.6 Å². The van der Waals surface area contributed by atoms with Crippen LogP contribution in [-0.4, -0.2) is 25.5 Å². The highest BCUT2D eigenvalue weighted by molar-refractivity contribution is 5.75. The Hall–Kier alpha value is -0.570. The Bertz CT molecular complexity index is 222. The monoisotopic (exact) mass is 240 g/mol. The van der Waals surface area contributed by atoms with Crippen LogP contribution in [0.3, 0.4) is 0 Å². The molecule has 3 nitrogen and oxygen atoms in total. The molecule has 0 aromatic rings. The second-order valence-electron chi connectivity index (χ2n) is 5.78. The summed E-state index contributed by atoms with van der Waals surface area (Å²) in [5.41, 5.74) is 0. The Labute approximate surface area is 106 Å². The summed E-state index contributed by atoms with van der Waals surface area (Å²) in [6.07, 6.45) is 4.27. The van der Waals surface area contributed by atoms with E-state index >= 15 is 0 Å². The molecule has 100 valence electrons. The van der Waals surface area contributed by atoms with Gasteiger partial charge >= 0.3 is 0 Å². The molecule has 2 atom stereocenters. The van der Waals surface area contributed by atoms with Crippen molar-refractivity contribution in [2.75, 3.05) is 19.6 Å². The third-order valence-electron chi connectivity index (χ3n) is 3.94. The first-order valence-electron chi connectivity index (χ1n) is 7.07. The Balaban J connectivity index is 2.08. The van der Waals surface area contributed by atoms with Crippen LogP contribution in [0.1, 0.15) is 46.5 Å². The topological polar surface area (TPSA) is 41.1 Å². The Morgan fingerprint density at radius 1 is 1.41 bits per heavy atom. The SMILES string of the molecule is CC(C)C(C)CNC(=O)CCC1CCCNC1. The van der Waals surface area contributed by atoms with E-state index in [1.54, 1.807) is 0 Å². The standard InChI is InChI=1S/C14H28N2O/c1-11(2)12(3)9-16-14(17)7-6-13-5-4-8-15-10-13/h11-13,15H,4-10H2,1-3H3,(H,16,17). The van der Waals surface area contributed by atoms with Gasteiger partial charge in [-0.3, -0.25) is 4.79 Å². The molecule has 0 radical (unpaired) electrons. The molecule has 0 aromatic carbocycles. The lowest BCUT2D eigenvalue weighted by Crippen LogP contribution is -2.33. The molecule has 2 unspecified atom stereocenters. The van der Waals surface area contributed by atoms with Crippen molar-refractivity contribution in [3.63, 3.8) is 0 Å². The van der Waals surface area contributed by atoms with Crippen LogP contribution < -0.4 is 10.6 Å². The molecule has 1 amide bonds. The highest BCUT2D eigenvalue weighted by Gasteiger charge is 2.15. The Kier molecular flexibility index (Phi) is 6.56. The van der Waals surface area contributed by atoms with E-state index < -0.39 is 0 Å². The summed E-state index contributed by atoms with van der Waals surface area (Å²) in [5.74, 6) is 2.13. The summed E-state index contributed by atoms with van der Waals surface area (Å²) in [7, 11) is 0. The van der Waals surface area contributed by atoms with Crippen molar-refractivity contribution in [3.05, 3.63) is 0 Å². The Morgan fingerprint density at radius 3 is 2.76 bits per heavy atom. The van der Waals surface area contributed by atoms with Gasteiger partial charge in [-0.25, -0.2) is 0 Å². The Morgan fingerprint density at radius 2 is 2.18 bits per heavy atom. The van der Waals surface area contributed by atoms with Gasteiger partial charge < -0.3 is 10.6 Å². The van der Waals surface area contributed by atoms with E-state index in [-0.39, 0.29) is 5.91 Å². The largest absolute Gasteiger partial charge is 0.356 e. The van der Waals surface area contributed by atoms with Gasteiger partial charge in [0.1, 0.15) is 0 Å². The molecule has 1 fully saturated rings. The average Bonchev–Trinajstić information content (AvgIpc) is 2.34. The van der Waals surface area contributed by atoms with Crippen LogP contribution in [-0.2, 0) is 4.79 Å². The van der Waals surface area contributed by atoms with Crippen LogP contribution in [0.4, 0.5) is 0 Å². The van der Waals surface area contributed by atoms with Gasteiger partial charge in [0.15, 0.2) is 0 Å². The quantitative estimate of drug-likeness (QED) is 0.747. The molecule has 3 heteroatoms. The molecular weight excluding hydrogens is 212 g/mol. The highest BCUT2D eigenvalue weighted by atomic mass is 16.1. The van der Waals surface area contributed by atoms with Crippen molar-refractivity contribution in [1.29, 1.82) is 0 Å². The number of nitrogens with one attached hydrogen (secondary N) is 2. The molecule has 1 rings (SSSR count). The number of carbonyl (C=O) groups excluding carboxylic acids is 1. The molecule has 1 saturated heterocycles. The second kappa shape index (κ2) is 7.70. The van der Waals surface area contributed by atoms with E-state index in [0.717, 1.165) is 26.1 Å². The maximum absolute atomic E-state index is 11.7. The normalized spacial score (nSPS) is 22.5.